The Hall–Kier alpha value is -0.750. The number of nitrogens with zero attached hydrogens (tertiary/aromatic N) is 1. The van der Waals surface area contributed by atoms with E-state index in [-0.39, 0.29) is 22.7 Å². The summed E-state index contributed by atoms with van der Waals surface area (Å²) < 4.78 is 5.94. The summed E-state index contributed by atoms with van der Waals surface area (Å²) >= 11 is 1.73. The van der Waals surface area contributed by atoms with E-state index < -0.39 is 0 Å². The lowest BCUT2D eigenvalue weighted by Crippen LogP contribution is -2.50. The van der Waals surface area contributed by atoms with E-state index in [2.05, 4.69) is 19.2 Å². The van der Waals surface area contributed by atoms with Gasteiger partial charge >= 0.3 is 0 Å². The van der Waals surface area contributed by atoms with Crippen molar-refractivity contribution in [2.45, 2.75) is 69.4 Å². The molecule has 23 heavy (non-hydrogen) atoms. The largest absolute Gasteiger partial charge is 0.376 e. The minimum atomic E-state index is -0.311. The first kappa shape index (κ1) is 17.1. The van der Waals surface area contributed by atoms with Gasteiger partial charge in [-0.05, 0) is 32.1 Å². The normalized spacial score (nSPS) is 37.0. The standard InChI is InChI=1S/C17H28N2O3S/c1-12-5-3-4-6-14(12)22-10-9-18-16(21)13-11-23-17(2)8-7-15(20)19(13)17/h12-14H,3-11H2,1-2H3,(H,18,21)/t12-,13+,14+,17+/m1/s1. The number of carbonyl (C=O) groups is 2. The van der Waals surface area contributed by atoms with Gasteiger partial charge in [-0.2, -0.15) is 0 Å². The minimum absolute atomic E-state index is 0.0308. The predicted octanol–water partition coefficient (Wildman–Crippen LogP) is 2.15. The zero-order valence-corrected chi connectivity index (χ0v) is 15.0. The first-order valence-electron chi connectivity index (χ1n) is 8.87. The molecule has 4 atom stereocenters. The van der Waals surface area contributed by atoms with Crippen LogP contribution in [0, 0.1) is 5.92 Å². The van der Waals surface area contributed by atoms with Crippen molar-refractivity contribution in [2.75, 3.05) is 18.9 Å². The smallest absolute Gasteiger partial charge is 0.243 e. The summed E-state index contributed by atoms with van der Waals surface area (Å²) in [6, 6.07) is -0.311. The van der Waals surface area contributed by atoms with Crippen LogP contribution in [0.2, 0.25) is 0 Å². The van der Waals surface area contributed by atoms with Crippen molar-refractivity contribution in [1.82, 2.24) is 10.2 Å². The molecular weight excluding hydrogens is 312 g/mol. The van der Waals surface area contributed by atoms with Gasteiger partial charge in [0.25, 0.3) is 0 Å². The molecule has 3 aliphatic rings. The highest BCUT2D eigenvalue weighted by Crippen LogP contribution is 2.47. The Morgan fingerprint density at radius 1 is 1.43 bits per heavy atom. The van der Waals surface area contributed by atoms with Crippen LogP contribution in [0.1, 0.15) is 52.4 Å². The van der Waals surface area contributed by atoms with Crippen molar-refractivity contribution >= 4 is 23.6 Å². The molecule has 0 spiro atoms. The summed E-state index contributed by atoms with van der Waals surface area (Å²) in [5, 5.41) is 2.96. The summed E-state index contributed by atoms with van der Waals surface area (Å²) in [5.74, 6) is 1.41. The monoisotopic (exact) mass is 340 g/mol. The lowest BCUT2D eigenvalue weighted by atomic mass is 9.88. The van der Waals surface area contributed by atoms with Crippen LogP contribution in [-0.2, 0) is 14.3 Å². The van der Waals surface area contributed by atoms with Crippen LogP contribution in [0.25, 0.3) is 0 Å². The SMILES string of the molecule is C[C@@H]1CCCC[C@@H]1OCCNC(=O)[C@@H]1CS[C@@]2(C)CCC(=O)N12. The van der Waals surface area contributed by atoms with Crippen molar-refractivity contribution in [3.8, 4) is 0 Å². The van der Waals surface area contributed by atoms with E-state index in [1.54, 1.807) is 16.7 Å². The van der Waals surface area contributed by atoms with Crippen LogP contribution >= 0.6 is 11.8 Å². The quantitative estimate of drug-likeness (QED) is 0.779. The van der Waals surface area contributed by atoms with Crippen LogP contribution < -0.4 is 5.32 Å². The molecule has 6 heteroatoms. The van der Waals surface area contributed by atoms with Gasteiger partial charge in [0.2, 0.25) is 11.8 Å². The van der Waals surface area contributed by atoms with E-state index in [0.717, 1.165) is 12.8 Å². The molecule has 2 heterocycles. The second-order valence-corrected chi connectivity index (χ2v) is 8.73. The molecule has 0 bridgehead atoms. The van der Waals surface area contributed by atoms with E-state index in [1.165, 1.54) is 19.3 Å². The molecule has 2 saturated heterocycles. The Morgan fingerprint density at radius 3 is 3.00 bits per heavy atom. The number of nitrogens with one attached hydrogen (secondary N) is 1. The lowest BCUT2D eigenvalue weighted by Gasteiger charge is -2.30. The number of carbonyl (C=O) groups excluding carboxylic acids is 2. The third-order valence-corrected chi connectivity index (χ3v) is 7.02. The Labute approximate surface area is 142 Å². The highest BCUT2D eigenvalue weighted by atomic mass is 32.2. The Balaban J connectivity index is 1.42. The van der Waals surface area contributed by atoms with Crippen LogP contribution in [-0.4, -0.2) is 52.6 Å². The van der Waals surface area contributed by atoms with E-state index >= 15 is 0 Å². The number of hydrogen-bond acceptors (Lipinski definition) is 4. The Morgan fingerprint density at radius 2 is 2.22 bits per heavy atom. The number of rotatable bonds is 5. The molecule has 0 aromatic heterocycles. The average Bonchev–Trinajstić information content (AvgIpc) is 3.02. The van der Waals surface area contributed by atoms with E-state index in [0.29, 0.717) is 37.3 Å². The molecule has 0 aromatic rings. The first-order chi connectivity index (χ1) is 11.0. The van der Waals surface area contributed by atoms with Crippen molar-refractivity contribution in [3.63, 3.8) is 0 Å². The Bertz CT molecular complexity index is 473. The molecule has 130 valence electrons. The summed E-state index contributed by atoms with van der Waals surface area (Å²) in [4.78, 5) is 26.1. The number of fused-ring (bicyclic) bond motifs is 1. The maximum absolute atomic E-state index is 12.4. The summed E-state index contributed by atoms with van der Waals surface area (Å²) in [5.41, 5.74) is 0. The summed E-state index contributed by atoms with van der Waals surface area (Å²) in [6.07, 6.45) is 6.68. The molecule has 1 saturated carbocycles. The maximum Gasteiger partial charge on any atom is 0.243 e. The van der Waals surface area contributed by atoms with Crippen LogP contribution in [0.15, 0.2) is 0 Å². The molecule has 5 nitrogen and oxygen atoms in total. The first-order valence-corrected chi connectivity index (χ1v) is 9.85. The highest BCUT2D eigenvalue weighted by Gasteiger charge is 2.52. The van der Waals surface area contributed by atoms with Gasteiger partial charge in [0.15, 0.2) is 0 Å². The third-order valence-electron chi connectivity index (χ3n) is 5.51. The topological polar surface area (TPSA) is 58.6 Å². The third kappa shape index (κ3) is 3.53. The lowest BCUT2D eigenvalue weighted by molar-refractivity contribution is -0.138. The van der Waals surface area contributed by atoms with Crippen molar-refractivity contribution < 1.29 is 14.3 Å². The fourth-order valence-corrected chi connectivity index (χ4v) is 5.48. The Kier molecular flexibility index (Phi) is 5.21. The summed E-state index contributed by atoms with van der Waals surface area (Å²) in [7, 11) is 0. The molecular formula is C17H28N2O3S. The molecule has 1 N–H and O–H groups in total. The molecule has 2 amide bonds. The number of thioether (sulfide) groups is 1. The number of amides is 2. The second kappa shape index (κ2) is 7.01. The molecule has 2 aliphatic heterocycles. The average molecular weight is 340 g/mol. The van der Waals surface area contributed by atoms with Gasteiger partial charge in [-0.1, -0.05) is 19.8 Å². The zero-order chi connectivity index (χ0) is 16.4. The van der Waals surface area contributed by atoms with Gasteiger partial charge in [-0.15, -0.1) is 11.8 Å². The van der Waals surface area contributed by atoms with Crippen LogP contribution in [0.4, 0.5) is 0 Å². The van der Waals surface area contributed by atoms with Gasteiger partial charge in [0.05, 0.1) is 17.6 Å². The van der Waals surface area contributed by atoms with Crippen molar-refractivity contribution in [2.24, 2.45) is 5.92 Å². The summed E-state index contributed by atoms with van der Waals surface area (Å²) in [6.45, 7) is 5.41. The molecule has 0 unspecified atom stereocenters. The minimum Gasteiger partial charge on any atom is -0.376 e. The molecule has 0 radical (unpaired) electrons. The number of ether oxygens (including phenoxy) is 1. The molecule has 1 aliphatic carbocycles. The van der Waals surface area contributed by atoms with E-state index in [1.807, 2.05) is 0 Å². The van der Waals surface area contributed by atoms with Crippen LogP contribution in [0.3, 0.4) is 0 Å². The number of hydrogen-bond donors (Lipinski definition) is 1. The highest BCUT2D eigenvalue weighted by molar-refractivity contribution is 8.01. The predicted molar refractivity (Wildman–Crippen MR) is 91.1 cm³/mol. The van der Waals surface area contributed by atoms with Gasteiger partial charge in [-0.25, -0.2) is 0 Å². The van der Waals surface area contributed by atoms with Gasteiger partial charge in [0.1, 0.15) is 6.04 Å². The van der Waals surface area contributed by atoms with Crippen molar-refractivity contribution in [3.05, 3.63) is 0 Å². The second-order valence-electron chi connectivity index (χ2n) is 7.23. The maximum atomic E-state index is 12.4. The van der Waals surface area contributed by atoms with Crippen molar-refractivity contribution in [1.29, 1.82) is 0 Å². The van der Waals surface area contributed by atoms with E-state index in [9.17, 15) is 9.59 Å². The molecule has 3 rings (SSSR count). The van der Waals surface area contributed by atoms with E-state index in [4.69, 9.17) is 4.74 Å². The van der Waals surface area contributed by atoms with Gasteiger partial charge in [-0.3, -0.25) is 9.59 Å². The fraction of sp³-hybridized carbons (Fsp3) is 0.882. The van der Waals surface area contributed by atoms with Gasteiger partial charge in [0, 0.05) is 18.7 Å². The molecule has 3 fully saturated rings. The zero-order valence-electron chi connectivity index (χ0n) is 14.2. The fourth-order valence-electron chi connectivity index (χ4n) is 4.05. The molecule has 0 aromatic carbocycles. The van der Waals surface area contributed by atoms with Gasteiger partial charge < -0.3 is 15.0 Å². The van der Waals surface area contributed by atoms with Crippen LogP contribution in [0.5, 0.6) is 0 Å².